The second kappa shape index (κ2) is 6.79. The van der Waals surface area contributed by atoms with Crippen molar-refractivity contribution in [2.75, 3.05) is 12.3 Å². The number of aryl methyl sites for hydroxylation is 1. The SMILES string of the molecule is Cc1[nH]cnc1CSCCN=C(N)NP(=O)(O)O. The van der Waals surface area contributed by atoms with Crippen LogP contribution in [-0.2, 0) is 10.3 Å². The highest BCUT2D eigenvalue weighted by Gasteiger charge is 2.12. The summed E-state index contributed by atoms with van der Waals surface area (Å²) < 4.78 is 10.5. The maximum Gasteiger partial charge on any atom is 0.429 e. The highest BCUT2D eigenvalue weighted by molar-refractivity contribution is 7.98. The molecular weight excluding hydrogens is 277 g/mol. The summed E-state index contributed by atoms with van der Waals surface area (Å²) in [6.45, 7) is 2.33. The van der Waals surface area contributed by atoms with Gasteiger partial charge in [-0.05, 0) is 6.92 Å². The van der Waals surface area contributed by atoms with Crippen molar-refractivity contribution in [3.8, 4) is 0 Å². The maximum absolute atomic E-state index is 10.5. The average molecular weight is 293 g/mol. The van der Waals surface area contributed by atoms with Crippen molar-refractivity contribution in [3.63, 3.8) is 0 Å². The van der Waals surface area contributed by atoms with Gasteiger partial charge in [0, 0.05) is 17.2 Å². The van der Waals surface area contributed by atoms with Gasteiger partial charge >= 0.3 is 7.75 Å². The van der Waals surface area contributed by atoms with Crippen LogP contribution in [0.3, 0.4) is 0 Å². The van der Waals surface area contributed by atoms with Gasteiger partial charge in [-0.2, -0.15) is 11.8 Å². The molecule has 0 atom stereocenters. The number of rotatable bonds is 6. The van der Waals surface area contributed by atoms with Crippen LogP contribution in [0.2, 0.25) is 0 Å². The molecule has 8 nitrogen and oxygen atoms in total. The van der Waals surface area contributed by atoms with Gasteiger partial charge in [0.1, 0.15) is 0 Å². The molecule has 18 heavy (non-hydrogen) atoms. The number of thioether (sulfide) groups is 1. The minimum absolute atomic E-state index is 0.250. The molecule has 0 radical (unpaired) electrons. The number of aromatic amines is 1. The lowest BCUT2D eigenvalue weighted by Gasteiger charge is -2.06. The molecule has 10 heteroatoms. The first-order chi connectivity index (χ1) is 8.38. The second-order valence-corrected chi connectivity index (χ2v) is 5.87. The van der Waals surface area contributed by atoms with Crippen molar-refractivity contribution in [1.82, 2.24) is 15.1 Å². The van der Waals surface area contributed by atoms with Crippen molar-refractivity contribution in [1.29, 1.82) is 0 Å². The van der Waals surface area contributed by atoms with E-state index < -0.39 is 7.75 Å². The molecule has 0 saturated heterocycles. The number of H-pyrrole nitrogens is 1. The molecule has 0 aliphatic rings. The van der Waals surface area contributed by atoms with Crippen molar-refractivity contribution in [2.45, 2.75) is 12.7 Å². The van der Waals surface area contributed by atoms with Crippen LogP contribution in [0.5, 0.6) is 0 Å². The number of imidazole rings is 1. The zero-order valence-electron chi connectivity index (χ0n) is 9.83. The van der Waals surface area contributed by atoms with Crippen molar-refractivity contribution >= 4 is 25.5 Å². The number of nitrogens with one attached hydrogen (secondary N) is 2. The molecule has 1 aromatic rings. The molecule has 0 fully saturated rings. The van der Waals surface area contributed by atoms with E-state index in [9.17, 15) is 4.57 Å². The minimum Gasteiger partial charge on any atom is -0.370 e. The Morgan fingerprint density at radius 3 is 3.00 bits per heavy atom. The van der Waals surface area contributed by atoms with E-state index in [-0.39, 0.29) is 5.96 Å². The molecule has 0 aliphatic carbocycles. The first-order valence-electron chi connectivity index (χ1n) is 5.09. The smallest absolute Gasteiger partial charge is 0.370 e. The van der Waals surface area contributed by atoms with Gasteiger partial charge in [0.2, 0.25) is 0 Å². The second-order valence-electron chi connectivity index (χ2n) is 3.45. The van der Waals surface area contributed by atoms with Crippen LogP contribution < -0.4 is 10.8 Å². The van der Waals surface area contributed by atoms with Crippen LogP contribution >= 0.6 is 19.5 Å². The van der Waals surface area contributed by atoms with Gasteiger partial charge in [-0.15, -0.1) is 0 Å². The molecule has 1 rings (SSSR count). The molecule has 0 aromatic carbocycles. The van der Waals surface area contributed by atoms with Gasteiger partial charge < -0.3 is 20.5 Å². The Morgan fingerprint density at radius 1 is 1.72 bits per heavy atom. The van der Waals surface area contributed by atoms with E-state index >= 15 is 0 Å². The number of aliphatic imine (C=N–C) groups is 1. The predicted octanol–water partition coefficient (Wildman–Crippen LogP) is -0.0517. The average Bonchev–Trinajstić information content (AvgIpc) is 2.61. The maximum atomic E-state index is 10.5. The third-order valence-corrected chi connectivity index (χ3v) is 3.42. The minimum atomic E-state index is -4.35. The fourth-order valence-electron chi connectivity index (χ4n) is 1.12. The van der Waals surface area contributed by atoms with Gasteiger partial charge in [0.15, 0.2) is 5.96 Å². The molecule has 0 saturated carbocycles. The Balaban J connectivity index is 2.21. The van der Waals surface area contributed by atoms with Crippen molar-refractivity contribution in [2.24, 2.45) is 10.7 Å². The fraction of sp³-hybridized carbons (Fsp3) is 0.500. The molecule has 1 heterocycles. The Hall–Kier alpha value is -1.02. The zero-order valence-corrected chi connectivity index (χ0v) is 11.5. The third-order valence-electron chi connectivity index (χ3n) is 1.95. The summed E-state index contributed by atoms with van der Waals surface area (Å²) in [6, 6.07) is 0. The standard InChI is InChI=1S/C8H16N5O3PS/c1-6-7(12-5-11-6)4-18-3-2-10-8(9)13-17(14,15)16/h5H,2-4H2,1H3,(H,11,12)(H5,9,10,13,14,15,16). The van der Waals surface area contributed by atoms with Crippen molar-refractivity contribution < 1.29 is 14.4 Å². The Kier molecular flexibility index (Phi) is 5.67. The Morgan fingerprint density at radius 2 is 2.44 bits per heavy atom. The number of guanidine groups is 1. The fourth-order valence-corrected chi connectivity index (χ4v) is 2.34. The van der Waals surface area contributed by atoms with Crippen LogP contribution in [0.1, 0.15) is 11.4 Å². The largest absolute Gasteiger partial charge is 0.429 e. The van der Waals surface area contributed by atoms with Crippen LogP contribution in [-0.4, -0.2) is 38.0 Å². The van der Waals surface area contributed by atoms with Gasteiger partial charge in [0.25, 0.3) is 0 Å². The Bertz CT molecular complexity index is 457. The lowest BCUT2D eigenvalue weighted by Crippen LogP contribution is -2.29. The molecule has 0 aliphatic heterocycles. The third kappa shape index (κ3) is 6.06. The lowest BCUT2D eigenvalue weighted by molar-refractivity contribution is 0.367. The van der Waals surface area contributed by atoms with Crippen LogP contribution in [0.4, 0.5) is 0 Å². The summed E-state index contributed by atoms with van der Waals surface area (Å²) in [7, 11) is -4.35. The Labute approximate surface area is 109 Å². The summed E-state index contributed by atoms with van der Waals surface area (Å²) in [6.07, 6.45) is 1.64. The predicted molar refractivity (Wildman–Crippen MR) is 71.2 cm³/mol. The van der Waals surface area contributed by atoms with E-state index in [0.29, 0.717) is 12.3 Å². The highest BCUT2D eigenvalue weighted by atomic mass is 32.2. The molecule has 102 valence electrons. The number of hydrogen-bond acceptors (Lipinski definition) is 4. The van der Waals surface area contributed by atoms with Crippen LogP contribution in [0.25, 0.3) is 0 Å². The van der Waals surface area contributed by atoms with E-state index in [2.05, 4.69) is 15.0 Å². The van der Waals surface area contributed by atoms with E-state index in [1.54, 1.807) is 23.2 Å². The van der Waals surface area contributed by atoms with E-state index in [1.165, 1.54) is 0 Å². The normalized spacial score (nSPS) is 12.7. The number of nitrogens with two attached hydrogens (primary N) is 1. The molecule has 0 unspecified atom stereocenters. The number of hydrogen-bond donors (Lipinski definition) is 5. The quantitative estimate of drug-likeness (QED) is 0.214. The molecule has 1 aromatic heterocycles. The topological polar surface area (TPSA) is 137 Å². The van der Waals surface area contributed by atoms with E-state index in [0.717, 1.165) is 17.1 Å². The van der Waals surface area contributed by atoms with Crippen LogP contribution in [0.15, 0.2) is 11.3 Å². The molecule has 0 amide bonds. The molecular formula is C8H16N5O3PS. The van der Waals surface area contributed by atoms with Gasteiger partial charge in [0.05, 0.1) is 18.6 Å². The first kappa shape index (κ1) is 15.0. The molecule has 0 spiro atoms. The molecule has 0 bridgehead atoms. The summed E-state index contributed by atoms with van der Waals surface area (Å²) in [5.41, 5.74) is 7.31. The monoisotopic (exact) mass is 293 g/mol. The van der Waals surface area contributed by atoms with Gasteiger partial charge in [-0.3, -0.25) is 10.1 Å². The van der Waals surface area contributed by atoms with E-state index in [1.807, 2.05) is 6.92 Å². The van der Waals surface area contributed by atoms with Gasteiger partial charge in [-0.1, -0.05) is 0 Å². The summed E-state index contributed by atoms with van der Waals surface area (Å²) in [4.78, 5) is 28.1. The summed E-state index contributed by atoms with van der Waals surface area (Å²) in [5.74, 6) is 1.20. The van der Waals surface area contributed by atoms with E-state index in [4.69, 9.17) is 15.5 Å². The summed E-state index contributed by atoms with van der Waals surface area (Å²) in [5, 5.41) is 1.80. The number of nitrogens with zero attached hydrogens (tertiary/aromatic N) is 2. The number of aromatic nitrogens is 2. The van der Waals surface area contributed by atoms with Crippen molar-refractivity contribution in [3.05, 3.63) is 17.7 Å². The first-order valence-corrected chi connectivity index (χ1v) is 7.85. The zero-order chi connectivity index (χ0) is 13.6. The lowest BCUT2D eigenvalue weighted by atomic mass is 10.4. The summed E-state index contributed by atoms with van der Waals surface area (Å²) >= 11 is 1.62. The van der Waals surface area contributed by atoms with Gasteiger partial charge in [-0.25, -0.2) is 9.55 Å². The van der Waals surface area contributed by atoms with Crippen LogP contribution in [0, 0.1) is 6.92 Å². The molecule has 6 N–H and O–H groups in total. The highest BCUT2D eigenvalue weighted by Crippen LogP contribution is 2.27.